The van der Waals surface area contributed by atoms with Gasteiger partial charge in [-0.05, 0) is 11.6 Å². The van der Waals surface area contributed by atoms with E-state index in [4.69, 9.17) is 16.3 Å². The van der Waals surface area contributed by atoms with Gasteiger partial charge in [0.05, 0.1) is 13.2 Å². The van der Waals surface area contributed by atoms with Gasteiger partial charge in [0, 0.05) is 25.2 Å². The minimum atomic E-state index is -0.443. The monoisotopic (exact) mass is 189 g/mol. The van der Waals surface area contributed by atoms with Crippen LogP contribution in [0.15, 0.2) is 12.2 Å². The van der Waals surface area contributed by atoms with Crippen LogP contribution in [0.5, 0.6) is 0 Å². The average molecular weight is 190 g/mol. The summed E-state index contributed by atoms with van der Waals surface area (Å²) in [6.45, 7) is 7.30. The predicted octanol–water partition coefficient (Wildman–Crippen LogP) is 0.640. The minimum Gasteiger partial charge on any atom is -0.379 e. The largest absolute Gasteiger partial charge is 0.379 e. The van der Waals surface area contributed by atoms with Crippen LogP contribution in [0.2, 0.25) is 0 Å². The van der Waals surface area contributed by atoms with E-state index in [9.17, 15) is 4.79 Å². The van der Waals surface area contributed by atoms with Crippen LogP contribution in [0.1, 0.15) is 0 Å². The van der Waals surface area contributed by atoms with Crippen molar-refractivity contribution < 1.29 is 9.53 Å². The van der Waals surface area contributed by atoms with Gasteiger partial charge in [-0.25, -0.2) is 0 Å². The number of halogens is 1. The molecular weight excluding hydrogens is 178 g/mol. The zero-order valence-corrected chi connectivity index (χ0v) is 7.64. The van der Waals surface area contributed by atoms with Gasteiger partial charge < -0.3 is 4.74 Å². The molecule has 0 N–H and O–H groups in total. The highest BCUT2D eigenvalue weighted by Gasteiger charge is 2.13. The van der Waals surface area contributed by atoms with Gasteiger partial charge in [0.15, 0.2) is 0 Å². The molecule has 3 nitrogen and oxygen atoms in total. The van der Waals surface area contributed by atoms with Crippen LogP contribution in [0, 0.1) is 0 Å². The van der Waals surface area contributed by atoms with Gasteiger partial charge in [0.1, 0.15) is 0 Å². The normalized spacial score (nSPS) is 19.1. The van der Waals surface area contributed by atoms with E-state index in [-0.39, 0.29) is 0 Å². The first-order valence-corrected chi connectivity index (χ1v) is 4.25. The quantitative estimate of drug-likeness (QED) is 0.482. The van der Waals surface area contributed by atoms with Crippen LogP contribution in [0.25, 0.3) is 0 Å². The SMILES string of the molecule is C=C(CN1CCOCC1)C(=O)Cl. The number of nitrogens with zero attached hydrogens (tertiary/aromatic N) is 1. The molecule has 0 radical (unpaired) electrons. The zero-order chi connectivity index (χ0) is 8.97. The van der Waals surface area contributed by atoms with Crippen molar-refractivity contribution in [2.24, 2.45) is 0 Å². The second-order valence-electron chi connectivity index (χ2n) is 2.77. The summed E-state index contributed by atoms with van der Waals surface area (Å²) in [6, 6.07) is 0. The van der Waals surface area contributed by atoms with E-state index in [1.54, 1.807) is 0 Å². The van der Waals surface area contributed by atoms with Crippen molar-refractivity contribution in [3.8, 4) is 0 Å². The Morgan fingerprint density at radius 2 is 2.08 bits per heavy atom. The van der Waals surface area contributed by atoms with E-state index in [0.717, 1.165) is 26.3 Å². The van der Waals surface area contributed by atoms with E-state index in [1.165, 1.54) is 0 Å². The van der Waals surface area contributed by atoms with Gasteiger partial charge in [-0.1, -0.05) is 6.58 Å². The summed E-state index contributed by atoms with van der Waals surface area (Å²) >= 11 is 5.25. The van der Waals surface area contributed by atoms with Gasteiger partial charge in [-0.3, -0.25) is 9.69 Å². The van der Waals surface area contributed by atoms with Crippen molar-refractivity contribution in [1.29, 1.82) is 0 Å². The van der Waals surface area contributed by atoms with Crippen LogP contribution in [-0.4, -0.2) is 43.0 Å². The number of rotatable bonds is 3. The number of carbonyl (C=O) groups excluding carboxylic acids is 1. The number of hydrogen-bond acceptors (Lipinski definition) is 3. The summed E-state index contributed by atoms with van der Waals surface area (Å²) < 4.78 is 5.15. The lowest BCUT2D eigenvalue weighted by atomic mass is 10.3. The van der Waals surface area contributed by atoms with E-state index < -0.39 is 5.24 Å². The van der Waals surface area contributed by atoms with Crippen molar-refractivity contribution >= 4 is 16.8 Å². The van der Waals surface area contributed by atoms with Gasteiger partial charge in [-0.2, -0.15) is 0 Å². The van der Waals surface area contributed by atoms with Crippen LogP contribution in [0.4, 0.5) is 0 Å². The highest BCUT2D eigenvalue weighted by atomic mass is 35.5. The van der Waals surface area contributed by atoms with Crippen molar-refractivity contribution in [3.63, 3.8) is 0 Å². The molecule has 4 heteroatoms. The maximum Gasteiger partial charge on any atom is 0.249 e. The van der Waals surface area contributed by atoms with E-state index >= 15 is 0 Å². The smallest absolute Gasteiger partial charge is 0.249 e. The topological polar surface area (TPSA) is 29.5 Å². The molecule has 1 heterocycles. The number of carbonyl (C=O) groups is 1. The first-order valence-electron chi connectivity index (χ1n) is 3.88. The third kappa shape index (κ3) is 2.93. The summed E-state index contributed by atoms with van der Waals surface area (Å²) in [5, 5.41) is -0.443. The maximum atomic E-state index is 10.6. The molecule has 0 aromatic heterocycles. The third-order valence-corrected chi connectivity index (χ3v) is 2.06. The van der Waals surface area contributed by atoms with Gasteiger partial charge in [-0.15, -0.1) is 0 Å². The Morgan fingerprint density at radius 1 is 1.50 bits per heavy atom. The molecule has 1 aliphatic heterocycles. The number of hydrogen-bond donors (Lipinski definition) is 0. The van der Waals surface area contributed by atoms with Gasteiger partial charge in [0.25, 0.3) is 0 Å². The van der Waals surface area contributed by atoms with E-state index in [1.807, 2.05) is 0 Å². The Hall–Kier alpha value is -0.380. The molecule has 0 aromatic carbocycles. The number of morpholine rings is 1. The van der Waals surface area contributed by atoms with Crippen LogP contribution < -0.4 is 0 Å². The van der Waals surface area contributed by atoms with Crippen molar-refractivity contribution in [1.82, 2.24) is 4.90 Å². The van der Waals surface area contributed by atoms with Crippen LogP contribution in [0.3, 0.4) is 0 Å². The molecule has 1 fully saturated rings. The summed E-state index contributed by atoms with van der Waals surface area (Å²) in [4.78, 5) is 12.7. The van der Waals surface area contributed by atoms with Gasteiger partial charge >= 0.3 is 0 Å². The molecule has 12 heavy (non-hydrogen) atoms. The summed E-state index contributed by atoms with van der Waals surface area (Å²) in [7, 11) is 0. The first-order chi connectivity index (χ1) is 5.70. The van der Waals surface area contributed by atoms with Crippen LogP contribution >= 0.6 is 11.6 Å². The highest BCUT2D eigenvalue weighted by Crippen LogP contribution is 2.03. The molecule has 0 unspecified atom stereocenters. The maximum absolute atomic E-state index is 10.6. The minimum absolute atomic E-state index is 0.443. The van der Waals surface area contributed by atoms with Crippen LogP contribution in [-0.2, 0) is 9.53 Å². The fourth-order valence-electron chi connectivity index (χ4n) is 1.09. The van der Waals surface area contributed by atoms with E-state index in [2.05, 4.69) is 11.5 Å². The molecule has 0 atom stereocenters. The summed E-state index contributed by atoms with van der Waals surface area (Å²) in [6.07, 6.45) is 0. The lowest BCUT2D eigenvalue weighted by Gasteiger charge is -2.26. The summed E-state index contributed by atoms with van der Waals surface area (Å²) in [5.74, 6) is 0. The molecule has 0 saturated carbocycles. The Morgan fingerprint density at radius 3 is 2.58 bits per heavy atom. The summed E-state index contributed by atoms with van der Waals surface area (Å²) in [5.41, 5.74) is 0.457. The molecule has 1 rings (SSSR count). The first kappa shape index (κ1) is 9.71. The van der Waals surface area contributed by atoms with E-state index in [0.29, 0.717) is 12.1 Å². The second kappa shape index (κ2) is 4.60. The molecular formula is C8H12ClNO2. The molecule has 0 bridgehead atoms. The lowest BCUT2D eigenvalue weighted by Crippen LogP contribution is -2.37. The Balaban J connectivity index is 2.29. The molecule has 0 aliphatic carbocycles. The predicted molar refractivity (Wildman–Crippen MR) is 47.3 cm³/mol. The van der Waals surface area contributed by atoms with Crippen molar-refractivity contribution in [2.45, 2.75) is 0 Å². The molecule has 0 amide bonds. The molecule has 68 valence electrons. The Kier molecular flexibility index (Phi) is 3.72. The van der Waals surface area contributed by atoms with Crippen molar-refractivity contribution in [3.05, 3.63) is 12.2 Å². The molecule has 0 aromatic rings. The fraction of sp³-hybridized carbons (Fsp3) is 0.625. The number of ether oxygens (including phenoxy) is 1. The van der Waals surface area contributed by atoms with Crippen molar-refractivity contribution in [2.75, 3.05) is 32.8 Å². The Bertz CT molecular complexity index is 187. The Labute approximate surface area is 76.9 Å². The second-order valence-corrected chi connectivity index (χ2v) is 3.11. The molecule has 1 aliphatic rings. The zero-order valence-electron chi connectivity index (χ0n) is 6.88. The standard InChI is InChI=1S/C8H12ClNO2/c1-7(8(9)11)6-10-2-4-12-5-3-10/h1-6H2. The third-order valence-electron chi connectivity index (χ3n) is 1.80. The molecule has 1 saturated heterocycles. The lowest BCUT2D eigenvalue weighted by molar-refractivity contribution is -0.108. The molecule has 0 spiro atoms. The fourth-order valence-corrected chi connectivity index (χ4v) is 1.15. The average Bonchev–Trinajstić information content (AvgIpc) is 2.06. The highest BCUT2D eigenvalue weighted by molar-refractivity contribution is 6.67. The van der Waals surface area contributed by atoms with Gasteiger partial charge in [0.2, 0.25) is 5.24 Å².